The molecule has 0 spiro atoms. The predicted molar refractivity (Wildman–Crippen MR) is 108 cm³/mol. The first-order valence-corrected chi connectivity index (χ1v) is 9.02. The van der Waals surface area contributed by atoms with Crippen molar-refractivity contribution in [3.63, 3.8) is 0 Å². The Morgan fingerprint density at radius 1 is 1.10 bits per heavy atom. The lowest BCUT2D eigenvalue weighted by Crippen LogP contribution is -2.13. The smallest absolute Gasteiger partial charge is 0.417 e. The molecule has 2 aromatic heterocycles. The Hall–Kier alpha value is -3.82. The lowest BCUT2D eigenvalue weighted by Gasteiger charge is -2.09. The first kappa shape index (κ1) is 21.9. The van der Waals surface area contributed by atoms with Gasteiger partial charge in [0.1, 0.15) is 17.3 Å². The van der Waals surface area contributed by atoms with Gasteiger partial charge in [-0.3, -0.25) is 4.79 Å². The van der Waals surface area contributed by atoms with Crippen LogP contribution in [0.5, 0.6) is 11.5 Å². The number of ether oxygens (including phenoxy) is 2. The number of methoxy groups -OCH3 is 2. The van der Waals surface area contributed by atoms with Crippen LogP contribution in [-0.4, -0.2) is 34.9 Å². The van der Waals surface area contributed by atoms with Crippen molar-refractivity contribution in [1.82, 2.24) is 14.8 Å². The van der Waals surface area contributed by atoms with Gasteiger partial charge in [0.15, 0.2) is 5.82 Å². The van der Waals surface area contributed by atoms with Gasteiger partial charge in [0.05, 0.1) is 25.5 Å². The molecule has 31 heavy (non-hydrogen) atoms. The third kappa shape index (κ3) is 5.41. The zero-order chi connectivity index (χ0) is 22.6. The fourth-order valence-electron chi connectivity index (χ4n) is 2.71. The predicted octanol–water partition coefficient (Wildman–Crippen LogP) is 4.26. The van der Waals surface area contributed by atoms with Crippen LogP contribution in [0.4, 0.5) is 19.0 Å². The lowest BCUT2D eigenvalue weighted by atomic mass is 10.2. The second kappa shape index (κ2) is 8.90. The van der Waals surface area contributed by atoms with Crippen LogP contribution in [0.3, 0.4) is 0 Å². The molecule has 0 radical (unpaired) electrons. The van der Waals surface area contributed by atoms with Crippen LogP contribution in [0.1, 0.15) is 16.8 Å². The van der Waals surface area contributed by atoms with E-state index in [2.05, 4.69) is 15.4 Å². The highest BCUT2D eigenvalue weighted by Crippen LogP contribution is 2.29. The molecule has 3 rings (SSSR count). The summed E-state index contributed by atoms with van der Waals surface area (Å²) in [7, 11) is 3.04. The van der Waals surface area contributed by atoms with E-state index in [1.165, 1.54) is 31.0 Å². The number of hydrogen-bond acceptors (Lipinski definition) is 5. The number of hydrogen-bond donors (Lipinski definition) is 1. The number of aryl methyl sites for hydroxylation is 1. The Kier molecular flexibility index (Phi) is 6.28. The first-order valence-electron chi connectivity index (χ1n) is 9.02. The van der Waals surface area contributed by atoms with Crippen LogP contribution in [0, 0.1) is 6.92 Å². The van der Waals surface area contributed by atoms with Gasteiger partial charge in [-0.25, -0.2) is 4.98 Å². The third-order valence-corrected chi connectivity index (χ3v) is 4.18. The summed E-state index contributed by atoms with van der Waals surface area (Å²) in [6.07, 6.45) is -0.893. The fraction of sp³-hybridized carbons (Fsp3) is 0.190. The number of nitrogens with one attached hydrogen (secondary N) is 1. The Bertz CT molecular complexity index is 1080. The van der Waals surface area contributed by atoms with Gasteiger partial charge in [-0.1, -0.05) is 0 Å². The molecule has 0 atom stereocenters. The van der Waals surface area contributed by atoms with Crippen LogP contribution < -0.4 is 14.8 Å². The molecule has 2 heterocycles. The molecule has 1 amide bonds. The van der Waals surface area contributed by atoms with Gasteiger partial charge in [-0.05, 0) is 42.8 Å². The van der Waals surface area contributed by atoms with Gasteiger partial charge >= 0.3 is 6.18 Å². The van der Waals surface area contributed by atoms with E-state index in [1.807, 2.05) is 0 Å². The topological polar surface area (TPSA) is 78.3 Å². The van der Waals surface area contributed by atoms with Crippen LogP contribution in [0.25, 0.3) is 11.9 Å². The average Bonchev–Trinajstić information content (AvgIpc) is 3.11. The van der Waals surface area contributed by atoms with Gasteiger partial charge in [-0.2, -0.15) is 23.0 Å². The highest BCUT2D eigenvalue weighted by atomic mass is 19.4. The maximum Gasteiger partial charge on any atom is 0.417 e. The summed E-state index contributed by atoms with van der Waals surface area (Å²) in [5.74, 6) is 1.08. The van der Waals surface area contributed by atoms with Crippen molar-refractivity contribution in [2.45, 2.75) is 13.1 Å². The van der Waals surface area contributed by atoms with Gasteiger partial charge in [0.25, 0.3) is 0 Å². The van der Waals surface area contributed by atoms with Crippen molar-refractivity contribution >= 4 is 17.8 Å². The second-order valence-electron chi connectivity index (χ2n) is 6.45. The minimum Gasteiger partial charge on any atom is -0.497 e. The molecule has 7 nitrogen and oxygen atoms in total. The number of nitrogens with zero attached hydrogens (tertiary/aromatic N) is 3. The number of rotatable bonds is 6. The molecule has 3 aromatic rings. The number of halogens is 3. The van der Waals surface area contributed by atoms with E-state index in [9.17, 15) is 18.0 Å². The van der Waals surface area contributed by atoms with Crippen molar-refractivity contribution in [3.8, 4) is 17.3 Å². The molecule has 1 aromatic carbocycles. The zero-order valence-electron chi connectivity index (χ0n) is 16.9. The van der Waals surface area contributed by atoms with Crippen molar-refractivity contribution in [3.05, 3.63) is 65.5 Å². The number of amides is 1. The lowest BCUT2D eigenvalue weighted by molar-refractivity contribution is -0.137. The van der Waals surface area contributed by atoms with Crippen molar-refractivity contribution < 1.29 is 27.4 Å². The standard InChI is InChI=1S/C21H19F3N4O3/c1-13-8-19(28(27-13)18-6-5-15(12-25-18)21(22,23)24)26-20(29)7-4-14-9-16(30-2)11-17(10-14)31-3/h4-12H,1-3H3,(H,26,29)/b7-4+. The van der Waals surface area contributed by atoms with Gasteiger partial charge < -0.3 is 14.8 Å². The minimum absolute atomic E-state index is 0.137. The zero-order valence-corrected chi connectivity index (χ0v) is 16.9. The Balaban J connectivity index is 1.79. The van der Waals surface area contributed by atoms with E-state index in [4.69, 9.17) is 9.47 Å². The van der Waals surface area contributed by atoms with Crippen molar-refractivity contribution in [2.75, 3.05) is 19.5 Å². The van der Waals surface area contributed by atoms with E-state index < -0.39 is 17.6 Å². The normalized spacial score (nSPS) is 11.5. The molecule has 0 bridgehead atoms. The summed E-state index contributed by atoms with van der Waals surface area (Å²) in [6, 6.07) is 8.83. The molecular weight excluding hydrogens is 413 g/mol. The number of aromatic nitrogens is 3. The summed E-state index contributed by atoms with van der Waals surface area (Å²) >= 11 is 0. The summed E-state index contributed by atoms with van der Waals surface area (Å²) in [4.78, 5) is 16.2. The molecule has 0 unspecified atom stereocenters. The monoisotopic (exact) mass is 432 g/mol. The highest BCUT2D eigenvalue weighted by Gasteiger charge is 2.30. The Morgan fingerprint density at radius 3 is 2.32 bits per heavy atom. The third-order valence-electron chi connectivity index (χ3n) is 4.18. The number of pyridine rings is 1. The molecule has 0 saturated carbocycles. The van der Waals surface area contributed by atoms with Gasteiger partial charge in [0, 0.05) is 24.4 Å². The number of anilines is 1. The molecular formula is C21H19F3N4O3. The van der Waals surface area contributed by atoms with Crippen LogP contribution >= 0.6 is 0 Å². The van der Waals surface area contributed by atoms with Crippen LogP contribution in [-0.2, 0) is 11.0 Å². The summed E-state index contributed by atoms with van der Waals surface area (Å²) in [5.41, 5.74) is 0.362. The van der Waals surface area contributed by atoms with E-state index in [0.29, 0.717) is 29.0 Å². The molecule has 0 fully saturated rings. The Morgan fingerprint density at radius 2 is 1.77 bits per heavy atom. The molecule has 0 aliphatic carbocycles. The summed E-state index contributed by atoms with van der Waals surface area (Å²) in [5, 5.41) is 6.84. The Labute approximate surface area is 176 Å². The van der Waals surface area contributed by atoms with E-state index in [1.54, 1.807) is 37.3 Å². The van der Waals surface area contributed by atoms with E-state index in [0.717, 1.165) is 6.07 Å². The van der Waals surface area contributed by atoms with Gasteiger partial charge in [0.2, 0.25) is 5.91 Å². The second-order valence-corrected chi connectivity index (χ2v) is 6.45. The number of carbonyl (C=O) groups is 1. The molecule has 1 N–H and O–H groups in total. The van der Waals surface area contributed by atoms with Crippen LogP contribution in [0.2, 0.25) is 0 Å². The summed E-state index contributed by atoms with van der Waals surface area (Å²) < 4.78 is 49.9. The summed E-state index contributed by atoms with van der Waals surface area (Å²) in [6.45, 7) is 1.69. The quantitative estimate of drug-likeness (QED) is 0.589. The molecule has 10 heteroatoms. The highest BCUT2D eigenvalue weighted by molar-refractivity contribution is 6.01. The SMILES string of the molecule is COc1cc(/C=C/C(=O)Nc2cc(C)nn2-c2ccc(C(F)(F)F)cn2)cc(OC)c1. The maximum atomic E-state index is 12.8. The molecule has 0 saturated heterocycles. The van der Waals surface area contributed by atoms with Gasteiger partial charge in [-0.15, -0.1) is 0 Å². The minimum atomic E-state index is -4.49. The van der Waals surface area contributed by atoms with Crippen molar-refractivity contribution in [2.24, 2.45) is 0 Å². The number of carbonyl (C=O) groups excluding carboxylic acids is 1. The van der Waals surface area contributed by atoms with E-state index >= 15 is 0 Å². The molecule has 0 aliphatic rings. The fourth-order valence-corrected chi connectivity index (χ4v) is 2.71. The van der Waals surface area contributed by atoms with Crippen molar-refractivity contribution in [1.29, 1.82) is 0 Å². The average molecular weight is 432 g/mol. The largest absolute Gasteiger partial charge is 0.497 e. The van der Waals surface area contributed by atoms with E-state index in [-0.39, 0.29) is 11.6 Å². The first-order chi connectivity index (χ1) is 14.7. The number of benzene rings is 1. The van der Waals surface area contributed by atoms with Crippen LogP contribution in [0.15, 0.2) is 48.7 Å². The molecule has 162 valence electrons. The number of alkyl halides is 3. The maximum absolute atomic E-state index is 12.8. The molecule has 0 aliphatic heterocycles.